The Morgan fingerprint density at radius 2 is 1.96 bits per heavy atom. The fraction of sp³-hybridized carbons (Fsp3) is 0.190. The van der Waals surface area contributed by atoms with Crippen molar-refractivity contribution in [2.75, 3.05) is 7.11 Å². The van der Waals surface area contributed by atoms with Gasteiger partial charge in [0.15, 0.2) is 11.5 Å². The Labute approximate surface area is 176 Å². The van der Waals surface area contributed by atoms with E-state index >= 15 is 0 Å². The average molecular weight is 466 g/mol. The zero-order chi connectivity index (χ0) is 19.9. The maximum absolute atomic E-state index is 14.1. The molecule has 0 radical (unpaired) electrons. The molecule has 7 heteroatoms. The van der Waals surface area contributed by atoms with Crippen LogP contribution >= 0.6 is 27.5 Å². The predicted octanol–water partition coefficient (Wildman–Crippen LogP) is 5.51. The first-order chi connectivity index (χ1) is 13.6. The molecule has 2 aromatic carbocycles. The van der Waals surface area contributed by atoms with E-state index in [4.69, 9.17) is 21.1 Å². The van der Waals surface area contributed by atoms with Gasteiger partial charge < -0.3 is 14.8 Å². The molecule has 0 aliphatic carbocycles. The van der Waals surface area contributed by atoms with Crippen LogP contribution in [0.15, 0.2) is 59.3 Å². The van der Waals surface area contributed by atoms with Gasteiger partial charge in [0.2, 0.25) is 0 Å². The molecular weight excluding hydrogens is 447 g/mol. The largest absolute Gasteiger partial charge is 0.493 e. The van der Waals surface area contributed by atoms with E-state index in [0.717, 1.165) is 15.6 Å². The minimum Gasteiger partial charge on any atom is -0.493 e. The van der Waals surface area contributed by atoms with Gasteiger partial charge in [0.25, 0.3) is 0 Å². The molecule has 0 amide bonds. The summed E-state index contributed by atoms with van der Waals surface area (Å²) in [6.45, 7) is 1.16. The number of aromatic nitrogens is 1. The predicted molar refractivity (Wildman–Crippen MR) is 111 cm³/mol. The quantitative estimate of drug-likeness (QED) is 0.476. The molecule has 0 saturated carbocycles. The summed E-state index contributed by atoms with van der Waals surface area (Å²) < 4.78 is 26.3. The van der Waals surface area contributed by atoms with Crippen LogP contribution in [0.4, 0.5) is 4.39 Å². The molecule has 1 aromatic heterocycles. The van der Waals surface area contributed by atoms with Gasteiger partial charge in [0.1, 0.15) is 12.4 Å². The maximum atomic E-state index is 14.1. The Bertz CT molecular complexity index is 921. The third kappa shape index (κ3) is 5.01. The molecular formula is C21H19BrClFN2O2. The monoisotopic (exact) mass is 464 g/mol. The van der Waals surface area contributed by atoms with E-state index in [2.05, 4.69) is 26.2 Å². The summed E-state index contributed by atoms with van der Waals surface area (Å²) in [5.41, 5.74) is 2.25. The van der Waals surface area contributed by atoms with Gasteiger partial charge in [-0.1, -0.05) is 39.7 Å². The van der Waals surface area contributed by atoms with Crippen LogP contribution in [0.5, 0.6) is 11.5 Å². The molecule has 28 heavy (non-hydrogen) atoms. The van der Waals surface area contributed by atoms with Crippen molar-refractivity contribution in [3.05, 3.63) is 86.9 Å². The number of nitrogens with one attached hydrogen (secondary N) is 1. The Morgan fingerprint density at radius 3 is 2.68 bits per heavy atom. The molecule has 0 bridgehead atoms. The van der Waals surface area contributed by atoms with Crippen LogP contribution in [0.25, 0.3) is 0 Å². The molecule has 1 heterocycles. The highest BCUT2D eigenvalue weighted by molar-refractivity contribution is 9.10. The molecule has 0 aliphatic rings. The minimum atomic E-state index is -0.405. The van der Waals surface area contributed by atoms with E-state index in [9.17, 15) is 4.39 Å². The van der Waals surface area contributed by atoms with E-state index in [0.29, 0.717) is 35.2 Å². The lowest BCUT2D eigenvalue weighted by Gasteiger charge is -2.18. The number of hydrogen-bond donors (Lipinski definition) is 1. The highest BCUT2D eigenvalue weighted by atomic mass is 79.9. The third-order valence-corrected chi connectivity index (χ3v) is 5.26. The molecule has 0 saturated heterocycles. The van der Waals surface area contributed by atoms with Gasteiger partial charge in [-0.3, -0.25) is 4.98 Å². The SMILES string of the molecule is COc1ccc(Br)c(CNCc2cccnc2)c1OCc1c(F)cccc1Cl. The highest BCUT2D eigenvalue weighted by Crippen LogP contribution is 2.37. The Kier molecular flexibility index (Phi) is 7.25. The molecule has 0 unspecified atom stereocenters. The number of ether oxygens (including phenoxy) is 2. The highest BCUT2D eigenvalue weighted by Gasteiger charge is 2.16. The van der Waals surface area contributed by atoms with Crippen LogP contribution in [-0.4, -0.2) is 12.1 Å². The zero-order valence-corrected chi connectivity index (χ0v) is 17.6. The van der Waals surface area contributed by atoms with Crippen molar-refractivity contribution < 1.29 is 13.9 Å². The first kappa shape index (κ1) is 20.6. The van der Waals surface area contributed by atoms with E-state index in [-0.39, 0.29) is 6.61 Å². The summed E-state index contributed by atoms with van der Waals surface area (Å²) in [6.07, 6.45) is 3.55. The van der Waals surface area contributed by atoms with Gasteiger partial charge >= 0.3 is 0 Å². The summed E-state index contributed by atoms with van der Waals surface area (Å²) >= 11 is 9.68. The fourth-order valence-electron chi connectivity index (χ4n) is 2.72. The molecule has 1 N–H and O–H groups in total. The zero-order valence-electron chi connectivity index (χ0n) is 15.2. The molecule has 0 spiro atoms. The number of rotatable bonds is 8. The van der Waals surface area contributed by atoms with Crippen LogP contribution in [0.3, 0.4) is 0 Å². The van der Waals surface area contributed by atoms with Crippen molar-refractivity contribution in [1.29, 1.82) is 0 Å². The van der Waals surface area contributed by atoms with E-state index in [1.54, 1.807) is 31.5 Å². The number of pyridine rings is 1. The van der Waals surface area contributed by atoms with E-state index < -0.39 is 5.82 Å². The van der Waals surface area contributed by atoms with Gasteiger partial charge in [0, 0.05) is 41.1 Å². The van der Waals surface area contributed by atoms with Crippen molar-refractivity contribution in [2.45, 2.75) is 19.7 Å². The Hall–Kier alpha value is -2.15. The van der Waals surface area contributed by atoms with E-state index in [1.165, 1.54) is 6.07 Å². The molecule has 4 nitrogen and oxygen atoms in total. The summed E-state index contributed by atoms with van der Waals surface area (Å²) in [7, 11) is 1.57. The first-order valence-corrected chi connectivity index (χ1v) is 9.78. The summed E-state index contributed by atoms with van der Waals surface area (Å²) in [5.74, 6) is 0.696. The van der Waals surface area contributed by atoms with Crippen molar-refractivity contribution in [3.8, 4) is 11.5 Å². The Morgan fingerprint density at radius 1 is 1.11 bits per heavy atom. The van der Waals surface area contributed by atoms with Gasteiger partial charge in [0.05, 0.1) is 12.1 Å². The number of benzene rings is 2. The van der Waals surface area contributed by atoms with Crippen LogP contribution in [0, 0.1) is 5.82 Å². The second-order valence-electron chi connectivity index (χ2n) is 6.01. The van der Waals surface area contributed by atoms with Crippen molar-refractivity contribution >= 4 is 27.5 Å². The molecule has 0 aliphatic heterocycles. The van der Waals surface area contributed by atoms with Crippen LogP contribution in [0.1, 0.15) is 16.7 Å². The second-order valence-corrected chi connectivity index (χ2v) is 7.27. The van der Waals surface area contributed by atoms with Gasteiger partial charge in [-0.05, 0) is 35.9 Å². The maximum Gasteiger partial charge on any atom is 0.167 e. The topological polar surface area (TPSA) is 43.4 Å². The number of halogens is 3. The lowest BCUT2D eigenvalue weighted by atomic mass is 10.1. The first-order valence-electron chi connectivity index (χ1n) is 8.61. The van der Waals surface area contributed by atoms with Crippen molar-refractivity contribution in [3.63, 3.8) is 0 Å². The van der Waals surface area contributed by atoms with Crippen LogP contribution in [0.2, 0.25) is 5.02 Å². The lowest BCUT2D eigenvalue weighted by molar-refractivity contribution is 0.276. The molecule has 3 rings (SSSR count). The molecule has 146 valence electrons. The summed E-state index contributed by atoms with van der Waals surface area (Å²) in [4.78, 5) is 4.11. The van der Waals surface area contributed by atoms with Crippen molar-refractivity contribution in [1.82, 2.24) is 10.3 Å². The normalized spacial score (nSPS) is 10.7. The van der Waals surface area contributed by atoms with Crippen LogP contribution < -0.4 is 14.8 Å². The second kappa shape index (κ2) is 9.87. The third-order valence-electron chi connectivity index (χ3n) is 4.16. The minimum absolute atomic E-state index is 0.00603. The average Bonchev–Trinajstić information content (AvgIpc) is 2.70. The lowest BCUT2D eigenvalue weighted by Crippen LogP contribution is -2.15. The number of nitrogens with zero attached hydrogens (tertiary/aromatic N) is 1. The Balaban J connectivity index is 1.79. The van der Waals surface area contributed by atoms with Crippen molar-refractivity contribution in [2.24, 2.45) is 0 Å². The number of methoxy groups -OCH3 is 1. The van der Waals surface area contributed by atoms with Crippen LogP contribution in [-0.2, 0) is 19.7 Å². The summed E-state index contributed by atoms with van der Waals surface area (Å²) in [6, 6.07) is 12.1. The molecule has 0 fully saturated rings. The van der Waals surface area contributed by atoms with Gasteiger partial charge in [-0.2, -0.15) is 0 Å². The van der Waals surface area contributed by atoms with Gasteiger partial charge in [-0.15, -0.1) is 0 Å². The number of hydrogen-bond acceptors (Lipinski definition) is 4. The van der Waals surface area contributed by atoms with E-state index in [1.807, 2.05) is 24.4 Å². The smallest absolute Gasteiger partial charge is 0.167 e. The summed E-state index contributed by atoms with van der Waals surface area (Å²) in [5, 5.41) is 3.69. The molecule has 0 atom stereocenters. The van der Waals surface area contributed by atoms with Gasteiger partial charge in [-0.25, -0.2) is 4.39 Å². The fourth-order valence-corrected chi connectivity index (χ4v) is 3.39. The standard InChI is InChI=1S/C21H19BrClFN2O2/c1-27-20-8-7-17(22)15(12-26-11-14-4-3-9-25-10-14)21(20)28-13-16-18(23)5-2-6-19(16)24/h2-10,26H,11-13H2,1H3. The molecule has 3 aromatic rings.